The second kappa shape index (κ2) is 4.50. The molecule has 0 atom stereocenters. The fourth-order valence-corrected chi connectivity index (χ4v) is 1.36. The average molecular weight is 171 g/mol. The van der Waals surface area contributed by atoms with Gasteiger partial charge in [-0.25, -0.2) is 4.98 Å². The highest BCUT2D eigenvalue weighted by molar-refractivity contribution is 7.07. The Morgan fingerprint density at radius 3 is 2.00 bits per heavy atom. The molecular weight excluding hydrogens is 154 g/mol. The fraction of sp³-hybridized carbons (Fsp3) is 0.667. The van der Waals surface area contributed by atoms with Crippen LogP contribution in [0.4, 0.5) is 0 Å². The van der Waals surface area contributed by atoms with E-state index in [1.807, 2.05) is 19.4 Å². The van der Waals surface area contributed by atoms with Gasteiger partial charge >= 0.3 is 0 Å². The van der Waals surface area contributed by atoms with E-state index < -0.39 is 0 Å². The molecule has 1 aromatic rings. The first-order chi connectivity index (χ1) is 5.11. The minimum absolute atomic E-state index is 0.222. The van der Waals surface area contributed by atoms with Crippen LogP contribution in [0.1, 0.15) is 40.3 Å². The van der Waals surface area contributed by atoms with Gasteiger partial charge in [0, 0.05) is 10.8 Å². The van der Waals surface area contributed by atoms with Crippen molar-refractivity contribution in [1.29, 1.82) is 0 Å². The molecule has 0 aliphatic heterocycles. The summed E-state index contributed by atoms with van der Waals surface area (Å²) >= 11 is 1.66. The van der Waals surface area contributed by atoms with Gasteiger partial charge in [-0.05, 0) is 0 Å². The Kier molecular flexibility index (Phi) is 4.34. The molecule has 2 heteroatoms. The Balaban J connectivity index is 0.000000461. The van der Waals surface area contributed by atoms with Crippen LogP contribution in [0.2, 0.25) is 0 Å². The van der Waals surface area contributed by atoms with E-state index in [1.165, 1.54) is 5.69 Å². The van der Waals surface area contributed by atoms with Gasteiger partial charge in [-0.3, -0.25) is 0 Å². The maximum atomic E-state index is 4.21. The standard InChI is InChI=1S/C7H11NS.C2H6/c1-7(2,3)6-4-9-5-8-6;1-2/h4-5H,1-3H3;1-2H3. The molecule has 0 saturated heterocycles. The Hall–Kier alpha value is -0.370. The van der Waals surface area contributed by atoms with Crippen molar-refractivity contribution >= 4 is 11.3 Å². The van der Waals surface area contributed by atoms with E-state index in [9.17, 15) is 0 Å². The molecule has 0 unspecified atom stereocenters. The molecular formula is C9H17NS. The molecule has 0 fully saturated rings. The average Bonchev–Trinajstić information content (AvgIpc) is 2.40. The zero-order valence-electron chi connectivity index (χ0n) is 8.01. The monoisotopic (exact) mass is 171 g/mol. The topological polar surface area (TPSA) is 12.9 Å². The third-order valence-electron chi connectivity index (χ3n) is 1.20. The maximum absolute atomic E-state index is 4.21. The lowest BCUT2D eigenvalue weighted by atomic mass is 9.93. The van der Waals surface area contributed by atoms with Crippen LogP contribution in [0.3, 0.4) is 0 Å². The first kappa shape index (κ1) is 10.6. The van der Waals surface area contributed by atoms with Gasteiger partial charge < -0.3 is 0 Å². The predicted molar refractivity (Wildman–Crippen MR) is 52.2 cm³/mol. The zero-order chi connectivity index (χ0) is 8.91. The Labute approximate surface area is 73.5 Å². The predicted octanol–water partition coefficient (Wildman–Crippen LogP) is 3.47. The van der Waals surface area contributed by atoms with Crippen molar-refractivity contribution in [2.24, 2.45) is 0 Å². The normalized spacial score (nSPS) is 10.3. The molecule has 0 aliphatic rings. The molecule has 0 bridgehead atoms. The SMILES string of the molecule is CC.CC(C)(C)c1cscn1. The van der Waals surface area contributed by atoms with Gasteiger partial charge in [0.2, 0.25) is 0 Å². The second-order valence-corrected chi connectivity index (χ2v) is 3.84. The van der Waals surface area contributed by atoms with Crippen LogP contribution in [0.15, 0.2) is 10.9 Å². The van der Waals surface area contributed by atoms with Gasteiger partial charge in [0.25, 0.3) is 0 Å². The molecule has 0 radical (unpaired) electrons. The number of rotatable bonds is 0. The summed E-state index contributed by atoms with van der Waals surface area (Å²) in [5.41, 5.74) is 3.29. The maximum Gasteiger partial charge on any atom is 0.0794 e. The first-order valence-corrected chi connectivity index (χ1v) is 4.93. The van der Waals surface area contributed by atoms with Crippen molar-refractivity contribution < 1.29 is 0 Å². The minimum Gasteiger partial charge on any atom is -0.249 e. The highest BCUT2D eigenvalue weighted by atomic mass is 32.1. The van der Waals surface area contributed by atoms with E-state index in [0.29, 0.717) is 0 Å². The molecule has 1 heterocycles. The van der Waals surface area contributed by atoms with E-state index in [1.54, 1.807) is 11.3 Å². The van der Waals surface area contributed by atoms with Gasteiger partial charge in [-0.15, -0.1) is 11.3 Å². The molecule has 11 heavy (non-hydrogen) atoms. The Morgan fingerprint density at radius 1 is 1.27 bits per heavy atom. The van der Waals surface area contributed by atoms with E-state index >= 15 is 0 Å². The van der Waals surface area contributed by atoms with Crippen molar-refractivity contribution in [3.63, 3.8) is 0 Å². The van der Waals surface area contributed by atoms with E-state index in [4.69, 9.17) is 0 Å². The van der Waals surface area contributed by atoms with Crippen LogP contribution in [0, 0.1) is 0 Å². The summed E-state index contributed by atoms with van der Waals surface area (Å²) in [5, 5.41) is 2.10. The second-order valence-electron chi connectivity index (χ2n) is 3.12. The largest absolute Gasteiger partial charge is 0.249 e. The summed E-state index contributed by atoms with van der Waals surface area (Å²) < 4.78 is 0. The van der Waals surface area contributed by atoms with Crippen molar-refractivity contribution in [2.45, 2.75) is 40.0 Å². The van der Waals surface area contributed by atoms with Crippen LogP contribution < -0.4 is 0 Å². The molecule has 1 nitrogen and oxygen atoms in total. The zero-order valence-corrected chi connectivity index (χ0v) is 8.83. The van der Waals surface area contributed by atoms with Crippen LogP contribution in [0.5, 0.6) is 0 Å². The molecule has 64 valence electrons. The molecule has 1 aromatic heterocycles. The number of hydrogen-bond donors (Lipinski definition) is 0. The summed E-state index contributed by atoms with van der Waals surface area (Å²) in [6, 6.07) is 0. The minimum atomic E-state index is 0.222. The van der Waals surface area contributed by atoms with E-state index in [0.717, 1.165) is 0 Å². The number of nitrogens with zero attached hydrogens (tertiary/aromatic N) is 1. The van der Waals surface area contributed by atoms with Crippen LogP contribution in [-0.4, -0.2) is 4.98 Å². The summed E-state index contributed by atoms with van der Waals surface area (Å²) in [7, 11) is 0. The van der Waals surface area contributed by atoms with Gasteiger partial charge in [0.05, 0.1) is 11.2 Å². The summed E-state index contributed by atoms with van der Waals surface area (Å²) in [5.74, 6) is 0. The highest BCUT2D eigenvalue weighted by Crippen LogP contribution is 2.20. The van der Waals surface area contributed by atoms with Crippen molar-refractivity contribution in [1.82, 2.24) is 4.98 Å². The molecule has 1 rings (SSSR count). The van der Waals surface area contributed by atoms with Gasteiger partial charge in [-0.1, -0.05) is 34.6 Å². The summed E-state index contributed by atoms with van der Waals surface area (Å²) in [4.78, 5) is 4.21. The third-order valence-corrected chi connectivity index (χ3v) is 1.79. The highest BCUT2D eigenvalue weighted by Gasteiger charge is 2.14. The fourth-order valence-electron chi connectivity index (χ4n) is 0.583. The smallest absolute Gasteiger partial charge is 0.0794 e. The van der Waals surface area contributed by atoms with Gasteiger partial charge in [0.15, 0.2) is 0 Å². The molecule has 0 N–H and O–H groups in total. The lowest BCUT2D eigenvalue weighted by Crippen LogP contribution is -2.10. The summed E-state index contributed by atoms with van der Waals surface area (Å²) in [6.07, 6.45) is 0. The molecule has 0 amide bonds. The number of aromatic nitrogens is 1. The van der Waals surface area contributed by atoms with Crippen LogP contribution >= 0.6 is 11.3 Å². The lowest BCUT2D eigenvalue weighted by molar-refractivity contribution is 0.573. The molecule has 0 spiro atoms. The van der Waals surface area contributed by atoms with E-state index in [2.05, 4.69) is 31.1 Å². The van der Waals surface area contributed by atoms with Gasteiger partial charge in [0.1, 0.15) is 0 Å². The van der Waals surface area contributed by atoms with Crippen LogP contribution in [-0.2, 0) is 5.41 Å². The van der Waals surface area contributed by atoms with E-state index in [-0.39, 0.29) is 5.41 Å². The van der Waals surface area contributed by atoms with Crippen molar-refractivity contribution in [3.05, 3.63) is 16.6 Å². The van der Waals surface area contributed by atoms with Gasteiger partial charge in [-0.2, -0.15) is 0 Å². The number of thiazole rings is 1. The lowest BCUT2D eigenvalue weighted by Gasteiger charge is -2.13. The van der Waals surface area contributed by atoms with Crippen LogP contribution in [0.25, 0.3) is 0 Å². The number of hydrogen-bond acceptors (Lipinski definition) is 2. The van der Waals surface area contributed by atoms with Crippen molar-refractivity contribution in [2.75, 3.05) is 0 Å². The quantitative estimate of drug-likeness (QED) is 0.582. The first-order valence-electron chi connectivity index (χ1n) is 3.99. The Morgan fingerprint density at radius 2 is 1.82 bits per heavy atom. The molecule has 0 aliphatic carbocycles. The Bertz CT molecular complexity index is 172. The molecule has 0 saturated carbocycles. The van der Waals surface area contributed by atoms with Crippen molar-refractivity contribution in [3.8, 4) is 0 Å². The summed E-state index contributed by atoms with van der Waals surface area (Å²) in [6.45, 7) is 10.5. The third kappa shape index (κ3) is 3.51. The molecule has 0 aromatic carbocycles.